The van der Waals surface area contributed by atoms with Crippen LogP contribution in [0.3, 0.4) is 0 Å². The van der Waals surface area contributed by atoms with E-state index in [1.807, 2.05) is 13.8 Å². The molecular weight excluding hydrogens is 188 g/mol. The minimum absolute atomic E-state index is 0.0595. The van der Waals surface area contributed by atoms with Crippen LogP contribution in [0.4, 0.5) is 0 Å². The Kier molecular flexibility index (Phi) is 3.86. The van der Waals surface area contributed by atoms with Crippen LogP contribution < -0.4 is 0 Å². The van der Waals surface area contributed by atoms with Gasteiger partial charge in [0.25, 0.3) is 0 Å². The van der Waals surface area contributed by atoms with E-state index in [-0.39, 0.29) is 18.4 Å². The van der Waals surface area contributed by atoms with E-state index in [2.05, 4.69) is 0 Å². The molecule has 4 N–H and O–H groups in total. The fourth-order valence-corrected chi connectivity index (χ4v) is 1.95. The molecule has 1 aliphatic rings. The Morgan fingerprint density at radius 1 is 1.14 bits per heavy atom. The van der Waals surface area contributed by atoms with E-state index in [1.165, 1.54) is 0 Å². The Morgan fingerprint density at radius 3 is 2.14 bits per heavy atom. The molecule has 0 bridgehead atoms. The Balaban J connectivity index is 2.78. The number of ether oxygens (including phenoxy) is 1. The van der Waals surface area contributed by atoms with Gasteiger partial charge in [0.05, 0.1) is 18.8 Å². The van der Waals surface area contributed by atoms with Crippen LogP contribution in [-0.4, -0.2) is 51.6 Å². The Hall–Kier alpha value is -0.200. The Bertz CT molecular complexity index is 182. The van der Waals surface area contributed by atoms with Crippen molar-refractivity contribution < 1.29 is 25.2 Å². The van der Waals surface area contributed by atoms with Crippen molar-refractivity contribution in [1.82, 2.24) is 0 Å². The monoisotopic (exact) mass is 206 g/mol. The molecule has 0 amide bonds. The van der Waals surface area contributed by atoms with Crippen LogP contribution in [0.2, 0.25) is 0 Å². The normalized spacial score (nSPS) is 44.4. The topological polar surface area (TPSA) is 90.2 Å². The number of rotatable bonds is 2. The van der Waals surface area contributed by atoms with Gasteiger partial charge in [0.15, 0.2) is 6.29 Å². The summed E-state index contributed by atoms with van der Waals surface area (Å²) in [6.45, 7) is 3.46. The van der Waals surface area contributed by atoms with Crippen LogP contribution in [0.1, 0.15) is 13.8 Å². The summed E-state index contributed by atoms with van der Waals surface area (Å²) >= 11 is 0. The molecule has 1 saturated heterocycles. The van der Waals surface area contributed by atoms with E-state index in [4.69, 9.17) is 9.84 Å². The van der Waals surface area contributed by atoms with Crippen LogP contribution in [0, 0.1) is 11.8 Å². The molecule has 0 saturated carbocycles. The summed E-state index contributed by atoms with van der Waals surface area (Å²) in [5, 5.41) is 37.3. The van der Waals surface area contributed by atoms with Gasteiger partial charge in [0.2, 0.25) is 0 Å². The first-order valence-corrected chi connectivity index (χ1v) is 4.79. The molecule has 5 heteroatoms. The number of aliphatic hydroxyl groups excluding tert-OH is 4. The molecule has 14 heavy (non-hydrogen) atoms. The maximum absolute atomic E-state index is 9.68. The molecule has 1 heterocycles. The summed E-state index contributed by atoms with van der Waals surface area (Å²) in [6, 6.07) is 0. The summed E-state index contributed by atoms with van der Waals surface area (Å²) < 4.78 is 4.99. The zero-order valence-electron chi connectivity index (χ0n) is 8.37. The van der Waals surface area contributed by atoms with Gasteiger partial charge in [-0.15, -0.1) is 0 Å². The highest BCUT2D eigenvalue weighted by atomic mass is 16.6. The van der Waals surface area contributed by atoms with Crippen molar-refractivity contribution in [2.45, 2.75) is 38.4 Å². The first-order chi connectivity index (χ1) is 6.49. The molecule has 1 fully saturated rings. The Labute approximate surface area is 82.9 Å². The lowest BCUT2D eigenvalue weighted by Gasteiger charge is -2.42. The van der Waals surface area contributed by atoms with Crippen molar-refractivity contribution in [3.05, 3.63) is 0 Å². The second-order valence-corrected chi connectivity index (χ2v) is 4.05. The highest BCUT2D eigenvalue weighted by molar-refractivity contribution is 4.89. The van der Waals surface area contributed by atoms with Crippen molar-refractivity contribution in [3.8, 4) is 0 Å². The van der Waals surface area contributed by atoms with Crippen LogP contribution in [0.5, 0.6) is 0 Å². The molecule has 0 spiro atoms. The predicted molar refractivity (Wildman–Crippen MR) is 48.3 cm³/mol. The predicted octanol–water partition coefficient (Wildman–Crippen LogP) is -1.31. The number of hydrogen-bond donors (Lipinski definition) is 4. The van der Waals surface area contributed by atoms with Gasteiger partial charge in [-0.1, -0.05) is 13.8 Å². The second-order valence-electron chi connectivity index (χ2n) is 4.05. The molecule has 84 valence electrons. The number of aliphatic hydroxyl groups is 4. The van der Waals surface area contributed by atoms with E-state index in [1.54, 1.807) is 0 Å². The quantitative estimate of drug-likeness (QED) is 0.450. The van der Waals surface area contributed by atoms with E-state index >= 15 is 0 Å². The molecule has 1 rings (SSSR count). The van der Waals surface area contributed by atoms with Crippen molar-refractivity contribution >= 4 is 0 Å². The standard InChI is InChI=1S/C9H18O5/c1-4(2)6-5(3-10)14-9(13)8(12)7(6)11/h4-13H,3H2,1-2H3/t5-,6-,7+,8-,9+/m1/s1. The fraction of sp³-hybridized carbons (Fsp3) is 1.00. The lowest BCUT2D eigenvalue weighted by Crippen LogP contribution is -2.56. The SMILES string of the molecule is CC(C)[C@H]1[C@H](O)[C@@H](O)[C@@H](O)O[C@@H]1CO. The van der Waals surface area contributed by atoms with Gasteiger partial charge >= 0.3 is 0 Å². The molecular formula is C9H18O5. The summed E-state index contributed by atoms with van der Waals surface area (Å²) in [5.41, 5.74) is 0. The van der Waals surface area contributed by atoms with Crippen molar-refractivity contribution in [3.63, 3.8) is 0 Å². The first kappa shape index (κ1) is 11.9. The lowest BCUT2D eigenvalue weighted by molar-refractivity contribution is -0.279. The van der Waals surface area contributed by atoms with Crippen LogP contribution in [0.25, 0.3) is 0 Å². The molecule has 0 aliphatic carbocycles. The highest BCUT2D eigenvalue weighted by Crippen LogP contribution is 2.30. The smallest absolute Gasteiger partial charge is 0.183 e. The molecule has 5 nitrogen and oxygen atoms in total. The van der Waals surface area contributed by atoms with Gasteiger partial charge in [-0.05, 0) is 5.92 Å². The lowest BCUT2D eigenvalue weighted by atomic mass is 9.81. The van der Waals surface area contributed by atoms with Crippen molar-refractivity contribution in [2.75, 3.05) is 6.61 Å². The average molecular weight is 206 g/mol. The second kappa shape index (κ2) is 4.55. The van der Waals surface area contributed by atoms with Gasteiger partial charge in [-0.25, -0.2) is 0 Å². The zero-order valence-corrected chi connectivity index (χ0v) is 8.37. The molecule has 1 aliphatic heterocycles. The third kappa shape index (κ3) is 2.07. The minimum Gasteiger partial charge on any atom is -0.394 e. The van der Waals surface area contributed by atoms with Crippen LogP contribution >= 0.6 is 0 Å². The number of hydrogen-bond acceptors (Lipinski definition) is 5. The van der Waals surface area contributed by atoms with Crippen LogP contribution in [-0.2, 0) is 4.74 Å². The maximum Gasteiger partial charge on any atom is 0.183 e. The van der Waals surface area contributed by atoms with Gasteiger partial charge in [0, 0.05) is 5.92 Å². The van der Waals surface area contributed by atoms with Crippen molar-refractivity contribution in [1.29, 1.82) is 0 Å². The van der Waals surface area contributed by atoms with Gasteiger partial charge in [-0.3, -0.25) is 0 Å². The zero-order chi connectivity index (χ0) is 10.9. The first-order valence-electron chi connectivity index (χ1n) is 4.79. The van der Waals surface area contributed by atoms with Gasteiger partial charge in [0.1, 0.15) is 6.10 Å². The average Bonchev–Trinajstić information content (AvgIpc) is 2.12. The summed E-state index contributed by atoms with van der Waals surface area (Å²) in [6.07, 6.45) is -4.40. The fourth-order valence-electron chi connectivity index (χ4n) is 1.95. The maximum atomic E-state index is 9.68. The summed E-state index contributed by atoms with van der Waals surface area (Å²) in [5.74, 6) is -0.303. The summed E-state index contributed by atoms with van der Waals surface area (Å²) in [7, 11) is 0. The van der Waals surface area contributed by atoms with Crippen LogP contribution in [0.15, 0.2) is 0 Å². The summed E-state index contributed by atoms with van der Waals surface area (Å²) in [4.78, 5) is 0. The molecule has 5 atom stereocenters. The van der Waals surface area contributed by atoms with Gasteiger partial charge < -0.3 is 25.2 Å². The van der Waals surface area contributed by atoms with E-state index in [9.17, 15) is 15.3 Å². The Morgan fingerprint density at radius 2 is 1.71 bits per heavy atom. The van der Waals surface area contributed by atoms with Gasteiger partial charge in [-0.2, -0.15) is 0 Å². The van der Waals surface area contributed by atoms with E-state index in [0.717, 1.165) is 0 Å². The molecule has 0 radical (unpaired) electrons. The third-order valence-corrected chi connectivity index (χ3v) is 2.73. The third-order valence-electron chi connectivity index (χ3n) is 2.73. The largest absolute Gasteiger partial charge is 0.394 e. The minimum atomic E-state index is -1.42. The molecule has 0 unspecified atom stereocenters. The van der Waals surface area contributed by atoms with E-state index < -0.39 is 24.6 Å². The molecule has 0 aromatic rings. The molecule has 0 aromatic heterocycles. The highest BCUT2D eigenvalue weighted by Gasteiger charge is 2.44. The van der Waals surface area contributed by atoms with Crippen molar-refractivity contribution in [2.24, 2.45) is 11.8 Å². The molecule has 0 aromatic carbocycles. The van der Waals surface area contributed by atoms with E-state index in [0.29, 0.717) is 0 Å².